The van der Waals surface area contributed by atoms with Crippen LogP contribution in [0.5, 0.6) is 5.75 Å². The lowest BCUT2D eigenvalue weighted by atomic mass is 9.52. The van der Waals surface area contributed by atoms with Gasteiger partial charge in [0.05, 0.1) is 24.1 Å². The highest BCUT2D eigenvalue weighted by Gasteiger charge is 2.69. The number of benzene rings is 1. The first-order chi connectivity index (χ1) is 19.4. The predicted octanol–water partition coefficient (Wildman–Crippen LogP) is -1.55. The van der Waals surface area contributed by atoms with Crippen molar-refractivity contribution in [1.82, 2.24) is 14.7 Å². The van der Waals surface area contributed by atoms with E-state index in [4.69, 9.17) is 5.73 Å². The fraction of sp³-hybridized carbons (Fsp3) is 0.586. The first kappa shape index (κ1) is 31.3. The molecule has 2 amide bonds. The molecule has 0 bridgehead atoms. The lowest BCUT2D eigenvalue weighted by Gasteiger charge is -2.52. The number of phenolic OH excluding ortho intramolecular Hbond substituents is 1. The van der Waals surface area contributed by atoms with Gasteiger partial charge in [0.25, 0.3) is 0 Å². The van der Waals surface area contributed by atoms with Crippen LogP contribution >= 0.6 is 0 Å². The number of hydrogen-bond donors (Lipinski definition) is 3. The molecule has 4 rings (SSSR count). The van der Waals surface area contributed by atoms with Crippen molar-refractivity contribution in [3.05, 3.63) is 22.8 Å². The molecule has 2 fully saturated rings. The smallest absolute Gasteiger partial charge is 0.236 e. The van der Waals surface area contributed by atoms with E-state index >= 15 is 0 Å². The zero-order valence-corrected chi connectivity index (χ0v) is 25.0. The van der Waals surface area contributed by atoms with E-state index in [0.717, 1.165) is 0 Å². The van der Waals surface area contributed by atoms with E-state index in [0.29, 0.717) is 16.8 Å². The summed E-state index contributed by atoms with van der Waals surface area (Å²) in [6, 6.07) is 0.587. The van der Waals surface area contributed by atoms with Gasteiger partial charge in [-0.1, -0.05) is 0 Å². The third-order valence-corrected chi connectivity index (χ3v) is 8.94. The van der Waals surface area contributed by atoms with Crippen LogP contribution in [0.3, 0.4) is 0 Å². The van der Waals surface area contributed by atoms with Gasteiger partial charge in [-0.25, -0.2) is 0 Å². The number of carbonyl (C=O) groups is 6. The van der Waals surface area contributed by atoms with Crippen LogP contribution in [0.4, 0.5) is 5.69 Å². The standard InChI is InChI=1S/C29H39N5O8/c1-31(2)17-10-14(11-34(7)12-18(35)32(3)4)23(36)20-15(17)8-13-9-16-22(33(5)6)25(38)21(28(30)41)27(40)29(16,42)26(39)19(13)24(20)37/h10,13,16,19,21-22,36,42H,8-9,11-12H2,1-7H3,(H2,30,41)/t13-,16-,19?,21?,22-,29-/m0/s1. The van der Waals surface area contributed by atoms with Crippen molar-refractivity contribution in [2.75, 3.05) is 60.8 Å². The van der Waals surface area contributed by atoms with Crippen molar-refractivity contribution in [3.8, 4) is 5.75 Å². The zero-order chi connectivity index (χ0) is 31.6. The van der Waals surface area contributed by atoms with E-state index in [9.17, 15) is 39.0 Å². The number of nitrogens with two attached hydrogens (primary N) is 1. The Morgan fingerprint density at radius 1 is 1.02 bits per heavy atom. The number of amides is 2. The van der Waals surface area contributed by atoms with E-state index in [1.165, 1.54) is 9.80 Å². The molecule has 2 unspecified atom stereocenters. The minimum absolute atomic E-state index is 0.0192. The molecule has 2 saturated carbocycles. The van der Waals surface area contributed by atoms with Crippen molar-refractivity contribution in [2.24, 2.45) is 29.4 Å². The molecular formula is C29H39N5O8. The van der Waals surface area contributed by atoms with Crippen LogP contribution in [0.2, 0.25) is 0 Å². The van der Waals surface area contributed by atoms with Crippen molar-refractivity contribution in [3.63, 3.8) is 0 Å². The Morgan fingerprint density at radius 2 is 1.64 bits per heavy atom. The predicted molar refractivity (Wildman–Crippen MR) is 151 cm³/mol. The number of rotatable bonds is 7. The van der Waals surface area contributed by atoms with E-state index in [2.05, 4.69) is 0 Å². The maximum absolute atomic E-state index is 14.1. The van der Waals surface area contributed by atoms with Crippen molar-refractivity contribution in [1.29, 1.82) is 0 Å². The molecule has 0 saturated heterocycles. The average molecular weight is 586 g/mol. The lowest BCUT2D eigenvalue weighted by molar-refractivity contribution is -0.181. The monoisotopic (exact) mass is 585 g/mol. The Morgan fingerprint density at radius 3 is 2.17 bits per heavy atom. The molecule has 6 atom stereocenters. The molecule has 0 spiro atoms. The van der Waals surface area contributed by atoms with Gasteiger partial charge < -0.3 is 25.7 Å². The number of Topliss-reactive ketones (excluding diaryl/α,β-unsaturated/α-hetero) is 4. The quantitative estimate of drug-likeness (QED) is 0.315. The highest BCUT2D eigenvalue weighted by Crippen LogP contribution is 2.52. The second kappa shape index (κ2) is 10.9. The molecule has 1 aromatic carbocycles. The first-order valence-electron chi connectivity index (χ1n) is 13.7. The Labute approximate surface area is 244 Å². The summed E-state index contributed by atoms with van der Waals surface area (Å²) in [7, 11) is 11.6. The van der Waals surface area contributed by atoms with Gasteiger partial charge in [-0.3, -0.25) is 38.6 Å². The fourth-order valence-electron chi connectivity index (χ4n) is 6.94. The highest BCUT2D eigenvalue weighted by molar-refractivity contribution is 6.32. The number of nitrogens with zero attached hydrogens (tertiary/aromatic N) is 4. The van der Waals surface area contributed by atoms with Crippen LogP contribution in [0, 0.1) is 23.7 Å². The number of likely N-dealkylation sites (N-methyl/N-ethyl adjacent to an activating group) is 3. The zero-order valence-electron chi connectivity index (χ0n) is 25.0. The summed E-state index contributed by atoms with van der Waals surface area (Å²) in [5, 5.41) is 23.1. The molecule has 3 aliphatic carbocycles. The van der Waals surface area contributed by atoms with Gasteiger partial charge in [0.1, 0.15) is 5.75 Å². The van der Waals surface area contributed by atoms with Gasteiger partial charge in [-0.2, -0.15) is 0 Å². The first-order valence-corrected chi connectivity index (χ1v) is 13.7. The fourth-order valence-corrected chi connectivity index (χ4v) is 6.94. The number of hydrogen-bond acceptors (Lipinski definition) is 11. The van der Waals surface area contributed by atoms with Gasteiger partial charge >= 0.3 is 0 Å². The minimum atomic E-state index is -2.78. The van der Waals surface area contributed by atoms with E-state index in [1.54, 1.807) is 65.2 Å². The van der Waals surface area contributed by atoms with E-state index in [-0.39, 0.29) is 43.2 Å². The topological polar surface area (TPSA) is 182 Å². The summed E-state index contributed by atoms with van der Waals surface area (Å²) in [4.78, 5) is 85.6. The van der Waals surface area contributed by atoms with Crippen molar-refractivity contribution >= 4 is 40.6 Å². The van der Waals surface area contributed by atoms with Crippen LogP contribution in [0.25, 0.3) is 0 Å². The van der Waals surface area contributed by atoms with Gasteiger partial charge in [0, 0.05) is 51.9 Å². The van der Waals surface area contributed by atoms with Crippen LogP contribution in [0.15, 0.2) is 6.07 Å². The van der Waals surface area contributed by atoms with E-state index < -0.39 is 64.4 Å². The lowest BCUT2D eigenvalue weighted by Crippen LogP contribution is -2.74. The third-order valence-electron chi connectivity index (χ3n) is 8.94. The maximum Gasteiger partial charge on any atom is 0.236 e. The molecule has 0 radical (unpaired) electrons. The molecular weight excluding hydrogens is 546 g/mol. The summed E-state index contributed by atoms with van der Waals surface area (Å²) in [6.45, 7) is 0.174. The minimum Gasteiger partial charge on any atom is -0.507 e. The number of ketones is 4. The largest absolute Gasteiger partial charge is 0.507 e. The van der Waals surface area contributed by atoms with Gasteiger partial charge in [0.15, 0.2) is 34.7 Å². The van der Waals surface area contributed by atoms with Crippen molar-refractivity contribution < 1.29 is 39.0 Å². The summed E-state index contributed by atoms with van der Waals surface area (Å²) in [5.41, 5.74) is 4.04. The molecule has 0 aromatic heterocycles. The summed E-state index contributed by atoms with van der Waals surface area (Å²) in [5.74, 6) is -11.0. The van der Waals surface area contributed by atoms with Gasteiger partial charge in [0.2, 0.25) is 11.8 Å². The molecule has 13 heteroatoms. The summed E-state index contributed by atoms with van der Waals surface area (Å²) >= 11 is 0. The van der Waals surface area contributed by atoms with Gasteiger partial charge in [-0.05, 0) is 51.5 Å². The highest BCUT2D eigenvalue weighted by atomic mass is 16.3. The molecule has 0 aliphatic heterocycles. The number of carbonyl (C=O) groups excluding carboxylic acids is 6. The molecule has 1 aromatic rings. The summed E-state index contributed by atoms with van der Waals surface area (Å²) in [6.07, 6.45) is 0.150. The van der Waals surface area contributed by atoms with Crippen LogP contribution < -0.4 is 10.6 Å². The average Bonchev–Trinajstić information content (AvgIpc) is 2.87. The molecule has 3 aliphatic rings. The Kier molecular flexibility index (Phi) is 8.09. The maximum atomic E-state index is 14.1. The molecule has 228 valence electrons. The van der Waals surface area contributed by atoms with Crippen LogP contribution in [-0.2, 0) is 36.9 Å². The van der Waals surface area contributed by atoms with Crippen molar-refractivity contribution in [2.45, 2.75) is 31.0 Å². The normalized spacial score (nSPS) is 28.9. The molecule has 0 heterocycles. The molecule has 13 nitrogen and oxygen atoms in total. The second-order valence-electron chi connectivity index (χ2n) is 12.4. The van der Waals surface area contributed by atoms with Gasteiger partial charge in [-0.15, -0.1) is 0 Å². The number of anilines is 1. The molecule has 42 heavy (non-hydrogen) atoms. The number of fused-ring (bicyclic) bond motifs is 3. The number of aliphatic hydroxyl groups is 1. The molecule has 4 N–H and O–H groups in total. The van der Waals surface area contributed by atoms with Crippen LogP contribution in [-0.4, -0.2) is 127 Å². The second-order valence-corrected chi connectivity index (χ2v) is 12.4. The third kappa shape index (κ3) is 4.69. The number of phenols is 1. The van der Waals surface area contributed by atoms with E-state index in [1.807, 2.05) is 0 Å². The van der Waals surface area contributed by atoms with Crippen LogP contribution in [0.1, 0.15) is 27.9 Å². The Hall–Kier alpha value is -3.68. The SMILES string of the molecule is CN(CC(=O)N(C)C)Cc1cc(N(C)C)c2c(c1O)C(=O)C1C(=O)[C@]3(O)C(=O)C(C(N)=O)C(=O)[C@@H](N(C)C)[C@@H]3C[C@@H]1C2. The Balaban J connectivity index is 1.82. The Bertz CT molecular complexity index is 1390. The summed E-state index contributed by atoms with van der Waals surface area (Å²) < 4.78 is 0. The number of primary amides is 1. The number of aromatic hydroxyl groups is 1.